The lowest BCUT2D eigenvalue weighted by Gasteiger charge is -2.38. The van der Waals surface area contributed by atoms with Crippen molar-refractivity contribution in [1.29, 1.82) is 0 Å². The van der Waals surface area contributed by atoms with Gasteiger partial charge in [-0.3, -0.25) is 0 Å². The minimum Gasteiger partial charge on any atom is -0.355 e. The first-order valence-electron chi connectivity index (χ1n) is 9.16. The second-order valence-electron chi connectivity index (χ2n) is 6.76. The highest BCUT2D eigenvalue weighted by atomic mass is 19.1. The molecule has 0 unspecified atom stereocenters. The number of halogens is 1. The Labute approximate surface area is 160 Å². The van der Waals surface area contributed by atoms with Crippen LogP contribution in [0.2, 0.25) is 0 Å². The topological polar surface area (TPSA) is 86.4 Å². The van der Waals surface area contributed by atoms with Gasteiger partial charge in [0.15, 0.2) is 5.79 Å². The normalized spacial score (nSPS) is 18.7. The van der Waals surface area contributed by atoms with Crippen molar-refractivity contribution >= 4 is 5.82 Å². The van der Waals surface area contributed by atoms with Gasteiger partial charge >= 0.3 is 0 Å². The Balaban J connectivity index is 1.43. The molecule has 0 saturated carbocycles. The van der Waals surface area contributed by atoms with E-state index in [1.807, 2.05) is 0 Å². The van der Waals surface area contributed by atoms with Crippen molar-refractivity contribution in [2.45, 2.75) is 18.6 Å². The summed E-state index contributed by atoms with van der Waals surface area (Å²) < 4.78 is 31.0. The molecule has 5 rings (SSSR count). The second-order valence-corrected chi connectivity index (χ2v) is 6.76. The average Bonchev–Trinajstić information content (AvgIpc) is 3.39. The Morgan fingerprint density at radius 3 is 2.61 bits per heavy atom. The molecule has 2 aliphatic heterocycles. The monoisotopic (exact) mass is 383 g/mol. The summed E-state index contributed by atoms with van der Waals surface area (Å²) in [7, 11) is 0. The average molecular weight is 383 g/mol. The molecule has 144 valence electrons. The van der Waals surface area contributed by atoms with Gasteiger partial charge in [0.1, 0.15) is 23.5 Å². The lowest BCUT2D eigenvalue weighted by atomic mass is 10.0. The van der Waals surface area contributed by atoms with Crippen molar-refractivity contribution in [2.24, 2.45) is 0 Å². The van der Waals surface area contributed by atoms with Crippen molar-refractivity contribution in [2.75, 3.05) is 31.2 Å². The van der Waals surface area contributed by atoms with E-state index in [0.29, 0.717) is 24.6 Å². The molecule has 1 aromatic carbocycles. The maximum atomic E-state index is 14.0. The summed E-state index contributed by atoms with van der Waals surface area (Å²) in [6.45, 7) is 2.72. The molecule has 4 heterocycles. The molecule has 0 amide bonds. The van der Waals surface area contributed by atoms with Crippen LogP contribution in [0.4, 0.5) is 10.2 Å². The summed E-state index contributed by atoms with van der Waals surface area (Å²) in [5.41, 5.74) is 0.896. The molecule has 2 aromatic heterocycles. The lowest BCUT2D eigenvalue weighted by molar-refractivity contribution is -0.169. The Kier molecular flexibility index (Phi) is 4.25. The van der Waals surface area contributed by atoms with Gasteiger partial charge in [0.05, 0.1) is 18.8 Å². The standard InChI is InChI=1S/C19H18FN5O3/c20-15-4-2-1-3-13(15)16-23-18(28-24-16)14-11-21-12-22-17(14)25-7-5-19(6-8-25)26-9-10-27-19/h1-4,11-12H,5-10H2. The first kappa shape index (κ1) is 17.2. The Bertz CT molecular complexity index is 979. The van der Waals surface area contributed by atoms with E-state index in [9.17, 15) is 4.39 Å². The third-order valence-corrected chi connectivity index (χ3v) is 5.10. The van der Waals surface area contributed by atoms with Crippen LogP contribution in [0.3, 0.4) is 0 Å². The molecule has 28 heavy (non-hydrogen) atoms. The van der Waals surface area contributed by atoms with Crippen LogP contribution in [0.1, 0.15) is 12.8 Å². The van der Waals surface area contributed by atoms with Gasteiger partial charge in [-0.25, -0.2) is 14.4 Å². The van der Waals surface area contributed by atoms with Gasteiger partial charge in [0, 0.05) is 32.1 Å². The van der Waals surface area contributed by atoms with Crippen molar-refractivity contribution in [1.82, 2.24) is 20.1 Å². The first-order chi connectivity index (χ1) is 13.7. The molecule has 2 aliphatic rings. The zero-order chi connectivity index (χ0) is 19.0. The number of hydrogen-bond acceptors (Lipinski definition) is 8. The largest absolute Gasteiger partial charge is 0.355 e. The maximum absolute atomic E-state index is 14.0. The van der Waals surface area contributed by atoms with Crippen LogP contribution in [0.5, 0.6) is 0 Å². The molecule has 9 heteroatoms. The van der Waals surface area contributed by atoms with E-state index in [1.54, 1.807) is 24.4 Å². The van der Waals surface area contributed by atoms with E-state index in [-0.39, 0.29) is 17.3 Å². The van der Waals surface area contributed by atoms with Gasteiger partial charge in [0.2, 0.25) is 5.82 Å². The fourth-order valence-corrected chi connectivity index (χ4v) is 3.66. The molecule has 0 aliphatic carbocycles. The minimum atomic E-state index is -0.466. The van der Waals surface area contributed by atoms with Gasteiger partial charge in [0.25, 0.3) is 5.89 Å². The fourth-order valence-electron chi connectivity index (χ4n) is 3.66. The zero-order valence-corrected chi connectivity index (χ0v) is 15.0. The molecule has 2 fully saturated rings. The molecule has 1 spiro atoms. The van der Waals surface area contributed by atoms with E-state index in [0.717, 1.165) is 25.9 Å². The molecule has 2 saturated heterocycles. The minimum absolute atomic E-state index is 0.188. The number of ether oxygens (including phenoxy) is 2. The van der Waals surface area contributed by atoms with Gasteiger partial charge in [-0.2, -0.15) is 4.98 Å². The van der Waals surface area contributed by atoms with Crippen LogP contribution in [0, 0.1) is 5.82 Å². The highest BCUT2D eigenvalue weighted by molar-refractivity contribution is 5.70. The summed E-state index contributed by atoms with van der Waals surface area (Å²) >= 11 is 0. The number of aromatic nitrogens is 4. The van der Waals surface area contributed by atoms with E-state index < -0.39 is 11.6 Å². The van der Waals surface area contributed by atoms with E-state index in [1.165, 1.54) is 12.4 Å². The Hall–Kier alpha value is -2.91. The highest BCUT2D eigenvalue weighted by Gasteiger charge is 2.40. The van der Waals surface area contributed by atoms with Gasteiger partial charge in [-0.1, -0.05) is 17.3 Å². The number of hydrogen-bond donors (Lipinski definition) is 0. The molecular weight excluding hydrogens is 365 g/mol. The van der Waals surface area contributed by atoms with Crippen LogP contribution in [0.25, 0.3) is 22.8 Å². The SMILES string of the molecule is Fc1ccccc1-c1noc(-c2cncnc2N2CCC3(CC2)OCCO3)n1. The predicted octanol–water partition coefficient (Wildman–Crippen LogP) is 2.68. The van der Waals surface area contributed by atoms with Gasteiger partial charge in [-0.15, -0.1) is 0 Å². The number of nitrogens with zero attached hydrogens (tertiary/aromatic N) is 5. The molecular formula is C19H18FN5O3. The summed E-state index contributed by atoms with van der Waals surface area (Å²) in [5, 5.41) is 3.93. The van der Waals surface area contributed by atoms with Crippen LogP contribution in [0.15, 0.2) is 41.3 Å². The molecule has 0 N–H and O–H groups in total. The summed E-state index contributed by atoms with van der Waals surface area (Å²) in [5.74, 6) is 0.270. The first-order valence-corrected chi connectivity index (χ1v) is 9.16. The van der Waals surface area contributed by atoms with Crippen molar-refractivity contribution < 1.29 is 18.4 Å². The fraction of sp³-hybridized carbons (Fsp3) is 0.368. The smallest absolute Gasteiger partial charge is 0.263 e. The Morgan fingerprint density at radius 2 is 1.82 bits per heavy atom. The van der Waals surface area contributed by atoms with Crippen LogP contribution in [-0.4, -0.2) is 52.2 Å². The molecule has 0 radical (unpaired) electrons. The van der Waals surface area contributed by atoms with Crippen LogP contribution in [-0.2, 0) is 9.47 Å². The van der Waals surface area contributed by atoms with E-state index in [4.69, 9.17) is 14.0 Å². The number of piperidine rings is 1. The zero-order valence-electron chi connectivity index (χ0n) is 15.0. The number of anilines is 1. The summed E-state index contributed by atoms with van der Waals surface area (Å²) in [6.07, 6.45) is 4.62. The maximum Gasteiger partial charge on any atom is 0.263 e. The van der Waals surface area contributed by atoms with Crippen molar-refractivity contribution in [3.05, 3.63) is 42.6 Å². The van der Waals surface area contributed by atoms with Crippen molar-refractivity contribution in [3.8, 4) is 22.8 Å². The number of benzene rings is 1. The quantitative estimate of drug-likeness (QED) is 0.682. The second kappa shape index (κ2) is 6.92. The van der Waals surface area contributed by atoms with Crippen molar-refractivity contribution in [3.63, 3.8) is 0 Å². The third-order valence-electron chi connectivity index (χ3n) is 5.10. The van der Waals surface area contributed by atoms with E-state index in [2.05, 4.69) is 25.0 Å². The molecule has 0 atom stereocenters. The molecule has 3 aromatic rings. The van der Waals surface area contributed by atoms with Crippen LogP contribution < -0.4 is 4.90 Å². The Morgan fingerprint density at radius 1 is 1.04 bits per heavy atom. The lowest BCUT2D eigenvalue weighted by Crippen LogP contribution is -2.45. The number of rotatable bonds is 3. The summed E-state index contributed by atoms with van der Waals surface area (Å²) in [4.78, 5) is 15.0. The van der Waals surface area contributed by atoms with E-state index >= 15 is 0 Å². The van der Waals surface area contributed by atoms with Crippen LogP contribution >= 0.6 is 0 Å². The molecule has 8 nitrogen and oxygen atoms in total. The van der Waals surface area contributed by atoms with Gasteiger partial charge < -0.3 is 18.9 Å². The predicted molar refractivity (Wildman–Crippen MR) is 96.8 cm³/mol. The third kappa shape index (κ3) is 3.02. The summed E-state index contributed by atoms with van der Waals surface area (Å²) in [6, 6.07) is 6.31. The van der Waals surface area contributed by atoms with Gasteiger partial charge in [-0.05, 0) is 12.1 Å². The molecule has 0 bridgehead atoms. The highest BCUT2D eigenvalue weighted by Crippen LogP contribution is 2.35.